The Morgan fingerprint density at radius 2 is 1.52 bits per heavy atom. The number of alkyl halides is 3. The molecule has 21 heavy (non-hydrogen) atoms. The molecule has 0 saturated carbocycles. The number of β-amino-alcohol motifs (C(OH)–C–C–N with tert-alkyl or cyclic N) is 2. The third-order valence-electron chi connectivity index (χ3n) is 3.68. The standard InChI is InChI=1S/C14H18F3NO3/c15-14(16,17)10-3-1-9(2-4-10)5-6-18-7-11(19)13(21)12(20)8-18/h1-4,11-13,19-21H,5-8H2/t11-,12+,13?. The molecule has 0 aliphatic carbocycles. The van der Waals surface area contributed by atoms with Gasteiger partial charge in [0.1, 0.15) is 6.10 Å². The number of nitrogens with zero attached hydrogens (tertiary/aromatic N) is 1. The molecule has 1 unspecified atom stereocenters. The van der Waals surface area contributed by atoms with E-state index in [2.05, 4.69) is 0 Å². The minimum Gasteiger partial charge on any atom is -0.389 e. The molecule has 1 heterocycles. The van der Waals surface area contributed by atoms with E-state index in [0.29, 0.717) is 13.0 Å². The summed E-state index contributed by atoms with van der Waals surface area (Å²) in [5.74, 6) is 0. The molecule has 3 N–H and O–H groups in total. The summed E-state index contributed by atoms with van der Waals surface area (Å²) in [6.45, 7) is 0.962. The van der Waals surface area contributed by atoms with E-state index >= 15 is 0 Å². The van der Waals surface area contributed by atoms with E-state index in [4.69, 9.17) is 0 Å². The second-order valence-electron chi connectivity index (χ2n) is 5.33. The molecule has 1 aliphatic rings. The van der Waals surface area contributed by atoms with Gasteiger partial charge in [-0.1, -0.05) is 12.1 Å². The van der Waals surface area contributed by atoms with Gasteiger partial charge in [-0.25, -0.2) is 0 Å². The largest absolute Gasteiger partial charge is 0.416 e. The van der Waals surface area contributed by atoms with Crippen molar-refractivity contribution in [3.8, 4) is 0 Å². The molecule has 3 atom stereocenters. The predicted octanol–water partition coefficient (Wildman–Crippen LogP) is 0.646. The van der Waals surface area contributed by atoms with Crippen LogP contribution in [0, 0.1) is 0 Å². The molecule has 0 aromatic heterocycles. The van der Waals surface area contributed by atoms with Crippen molar-refractivity contribution in [1.29, 1.82) is 0 Å². The Balaban J connectivity index is 1.89. The van der Waals surface area contributed by atoms with Gasteiger partial charge in [0.05, 0.1) is 17.8 Å². The Morgan fingerprint density at radius 3 is 2.00 bits per heavy atom. The van der Waals surface area contributed by atoms with E-state index < -0.39 is 30.1 Å². The number of rotatable bonds is 3. The molecule has 0 amide bonds. The van der Waals surface area contributed by atoms with Gasteiger partial charge in [-0.2, -0.15) is 13.2 Å². The van der Waals surface area contributed by atoms with Gasteiger partial charge in [0.2, 0.25) is 0 Å². The first-order chi connectivity index (χ1) is 9.77. The van der Waals surface area contributed by atoms with Crippen LogP contribution in [0.1, 0.15) is 11.1 Å². The van der Waals surface area contributed by atoms with Crippen LogP contribution in [-0.2, 0) is 12.6 Å². The van der Waals surface area contributed by atoms with E-state index in [1.165, 1.54) is 12.1 Å². The average molecular weight is 305 g/mol. The van der Waals surface area contributed by atoms with E-state index in [-0.39, 0.29) is 13.1 Å². The molecule has 118 valence electrons. The molecule has 1 aromatic rings. The van der Waals surface area contributed by atoms with Crippen molar-refractivity contribution in [3.63, 3.8) is 0 Å². The van der Waals surface area contributed by atoms with Crippen LogP contribution in [0.4, 0.5) is 13.2 Å². The maximum absolute atomic E-state index is 12.4. The molecule has 1 aliphatic heterocycles. The van der Waals surface area contributed by atoms with Crippen molar-refractivity contribution < 1.29 is 28.5 Å². The molecular formula is C14H18F3NO3. The minimum absolute atomic E-state index is 0.235. The summed E-state index contributed by atoms with van der Waals surface area (Å²) < 4.78 is 37.3. The lowest BCUT2D eigenvalue weighted by Gasteiger charge is -2.36. The van der Waals surface area contributed by atoms with Crippen LogP contribution >= 0.6 is 0 Å². The smallest absolute Gasteiger partial charge is 0.389 e. The summed E-state index contributed by atoms with van der Waals surface area (Å²) >= 11 is 0. The lowest BCUT2D eigenvalue weighted by atomic mass is 10.0. The van der Waals surface area contributed by atoms with E-state index in [1.54, 1.807) is 4.90 Å². The molecule has 0 spiro atoms. The zero-order valence-corrected chi connectivity index (χ0v) is 11.3. The van der Waals surface area contributed by atoms with Gasteiger partial charge in [-0.05, 0) is 24.1 Å². The van der Waals surface area contributed by atoms with Crippen molar-refractivity contribution in [2.75, 3.05) is 19.6 Å². The Kier molecular flexibility index (Phi) is 4.88. The van der Waals surface area contributed by atoms with Gasteiger partial charge < -0.3 is 15.3 Å². The van der Waals surface area contributed by atoms with Crippen LogP contribution in [0.3, 0.4) is 0 Å². The number of aliphatic hydroxyl groups is 3. The number of piperidine rings is 1. The molecule has 1 saturated heterocycles. The van der Waals surface area contributed by atoms with Crippen LogP contribution in [-0.4, -0.2) is 58.2 Å². The first-order valence-electron chi connectivity index (χ1n) is 6.70. The quantitative estimate of drug-likeness (QED) is 0.767. The molecule has 1 aromatic carbocycles. The fraction of sp³-hybridized carbons (Fsp3) is 0.571. The lowest BCUT2D eigenvalue weighted by molar-refractivity contribution is -0.137. The molecule has 0 radical (unpaired) electrons. The number of likely N-dealkylation sites (tertiary alicyclic amines) is 1. The van der Waals surface area contributed by atoms with Gasteiger partial charge >= 0.3 is 6.18 Å². The van der Waals surface area contributed by atoms with Crippen molar-refractivity contribution in [1.82, 2.24) is 4.90 Å². The topological polar surface area (TPSA) is 63.9 Å². The second kappa shape index (κ2) is 6.31. The Hall–Kier alpha value is -1.15. The highest BCUT2D eigenvalue weighted by Crippen LogP contribution is 2.29. The fourth-order valence-electron chi connectivity index (χ4n) is 2.41. The Morgan fingerprint density at radius 1 is 1.00 bits per heavy atom. The molecule has 2 rings (SSSR count). The zero-order valence-electron chi connectivity index (χ0n) is 11.3. The molecular weight excluding hydrogens is 287 g/mol. The van der Waals surface area contributed by atoms with Crippen LogP contribution in [0.5, 0.6) is 0 Å². The van der Waals surface area contributed by atoms with Gasteiger partial charge in [-0.3, -0.25) is 4.90 Å². The van der Waals surface area contributed by atoms with Crippen molar-refractivity contribution in [2.45, 2.75) is 30.9 Å². The van der Waals surface area contributed by atoms with Crippen molar-refractivity contribution in [3.05, 3.63) is 35.4 Å². The lowest BCUT2D eigenvalue weighted by Crippen LogP contribution is -2.55. The molecule has 4 nitrogen and oxygen atoms in total. The number of aliphatic hydroxyl groups excluding tert-OH is 3. The Bertz CT molecular complexity index is 452. The van der Waals surface area contributed by atoms with Crippen LogP contribution in [0.15, 0.2) is 24.3 Å². The van der Waals surface area contributed by atoms with Crippen molar-refractivity contribution >= 4 is 0 Å². The number of hydrogen-bond acceptors (Lipinski definition) is 4. The highest BCUT2D eigenvalue weighted by Gasteiger charge is 2.33. The second-order valence-corrected chi connectivity index (χ2v) is 5.33. The average Bonchev–Trinajstić information content (AvgIpc) is 2.42. The third kappa shape index (κ3) is 4.16. The van der Waals surface area contributed by atoms with Gasteiger partial charge in [0.25, 0.3) is 0 Å². The minimum atomic E-state index is -4.34. The number of halogens is 3. The highest BCUT2D eigenvalue weighted by molar-refractivity contribution is 5.24. The number of benzene rings is 1. The van der Waals surface area contributed by atoms with Crippen LogP contribution in [0.25, 0.3) is 0 Å². The normalized spacial score (nSPS) is 27.8. The van der Waals surface area contributed by atoms with Gasteiger partial charge in [0.15, 0.2) is 0 Å². The summed E-state index contributed by atoms with van der Waals surface area (Å²) in [4.78, 5) is 1.78. The zero-order chi connectivity index (χ0) is 15.6. The SMILES string of the molecule is OC1[C@H](O)CN(CCc2ccc(C(F)(F)F)cc2)C[C@@H]1O. The summed E-state index contributed by atoms with van der Waals surface area (Å²) in [6, 6.07) is 4.93. The predicted molar refractivity (Wildman–Crippen MR) is 69.6 cm³/mol. The van der Waals surface area contributed by atoms with E-state index in [1.807, 2.05) is 0 Å². The monoisotopic (exact) mass is 305 g/mol. The molecule has 7 heteroatoms. The fourth-order valence-corrected chi connectivity index (χ4v) is 2.41. The summed E-state index contributed by atoms with van der Waals surface area (Å²) in [6.07, 6.45) is -7.00. The summed E-state index contributed by atoms with van der Waals surface area (Å²) in [5.41, 5.74) is 0.0660. The molecule has 0 bridgehead atoms. The summed E-state index contributed by atoms with van der Waals surface area (Å²) in [5, 5.41) is 28.6. The summed E-state index contributed by atoms with van der Waals surface area (Å²) in [7, 11) is 0. The van der Waals surface area contributed by atoms with Gasteiger partial charge in [0, 0.05) is 19.6 Å². The van der Waals surface area contributed by atoms with E-state index in [9.17, 15) is 28.5 Å². The maximum atomic E-state index is 12.4. The first-order valence-corrected chi connectivity index (χ1v) is 6.70. The van der Waals surface area contributed by atoms with Gasteiger partial charge in [-0.15, -0.1) is 0 Å². The highest BCUT2D eigenvalue weighted by atomic mass is 19.4. The maximum Gasteiger partial charge on any atom is 0.416 e. The molecule has 1 fully saturated rings. The first kappa shape index (κ1) is 16.2. The van der Waals surface area contributed by atoms with Crippen LogP contribution in [0.2, 0.25) is 0 Å². The van der Waals surface area contributed by atoms with Crippen molar-refractivity contribution in [2.24, 2.45) is 0 Å². The third-order valence-corrected chi connectivity index (χ3v) is 3.68. The number of hydrogen-bond donors (Lipinski definition) is 3. The Labute approximate surface area is 120 Å². The van der Waals surface area contributed by atoms with Crippen LogP contribution < -0.4 is 0 Å². The van der Waals surface area contributed by atoms with E-state index in [0.717, 1.165) is 17.7 Å².